The molecule has 16 heavy (non-hydrogen) atoms. The quantitative estimate of drug-likeness (QED) is 0.782. The van der Waals surface area contributed by atoms with Gasteiger partial charge in [-0.1, -0.05) is 6.92 Å². The maximum atomic E-state index is 6.27. The lowest BCUT2D eigenvalue weighted by molar-refractivity contribution is -0.134. The smallest absolute Gasteiger partial charge is 0.0628 e. The second kappa shape index (κ2) is 5.48. The van der Waals surface area contributed by atoms with Gasteiger partial charge in [0.05, 0.1) is 24.4 Å². The first-order valence-electron chi connectivity index (χ1n) is 6.66. The predicted molar refractivity (Wildman–Crippen MR) is 64.6 cm³/mol. The minimum Gasteiger partial charge on any atom is -0.375 e. The second-order valence-corrected chi connectivity index (χ2v) is 5.50. The zero-order valence-corrected chi connectivity index (χ0v) is 10.7. The van der Waals surface area contributed by atoms with Crippen LogP contribution in [0.15, 0.2) is 0 Å². The molecule has 94 valence electrons. The van der Waals surface area contributed by atoms with E-state index in [2.05, 4.69) is 26.1 Å². The van der Waals surface area contributed by atoms with Crippen molar-refractivity contribution in [2.24, 2.45) is 5.92 Å². The fourth-order valence-electron chi connectivity index (χ4n) is 2.89. The molecule has 0 radical (unpaired) electrons. The van der Waals surface area contributed by atoms with E-state index in [9.17, 15) is 0 Å². The molecule has 0 aromatic heterocycles. The number of nitrogens with one attached hydrogen (secondary N) is 1. The lowest BCUT2D eigenvalue weighted by Crippen LogP contribution is -2.44. The van der Waals surface area contributed by atoms with Crippen LogP contribution in [0.3, 0.4) is 0 Å². The third-order valence-corrected chi connectivity index (χ3v) is 3.73. The average Bonchev–Trinajstić information content (AvgIpc) is 2.20. The highest BCUT2D eigenvalue weighted by atomic mass is 16.5. The molecule has 1 N–H and O–H groups in total. The summed E-state index contributed by atoms with van der Waals surface area (Å²) in [5.74, 6) is 0.641. The van der Waals surface area contributed by atoms with E-state index in [4.69, 9.17) is 9.47 Å². The molecule has 2 aliphatic rings. The summed E-state index contributed by atoms with van der Waals surface area (Å²) >= 11 is 0. The van der Waals surface area contributed by atoms with Gasteiger partial charge >= 0.3 is 0 Å². The van der Waals surface area contributed by atoms with Gasteiger partial charge in [0.2, 0.25) is 0 Å². The van der Waals surface area contributed by atoms with Crippen LogP contribution in [-0.2, 0) is 9.47 Å². The molecule has 0 bridgehead atoms. The number of rotatable bonds is 2. The van der Waals surface area contributed by atoms with E-state index in [1.165, 1.54) is 0 Å². The Kier molecular flexibility index (Phi) is 4.22. The van der Waals surface area contributed by atoms with Crippen molar-refractivity contribution in [3.63, 3.8) is 0 Å². The van der Waals surface area contributed by atoms with Gasteiger partial charge in [-0.3, -0.25) is 0 Å². The third-order valence-electron chi connectivity index (χ3n) is 3.73. The molecule has 2 fully saturated rings. The Morgan fingerprint density at radius 1 is 1.12 bits per heavy atom. The van der Waals surface area contributed by atoms with E-state index in [1.54, 1.807) is 0 Å². The number of piperidine rings is 1. The van der Waals surface area contributed by atoms with Crippen LogP contribution in [0.5, 0.6) is 0 Å². The lowest BCUT2D eigenvalue weighted by Gasteiger charge is -2.37. The Hall–Kier alpha value is -0.120. The number of hydrogen-bond acceptors (Lipinski definition) is 3. The van der Waals surface area contributed by atoms with Crippen LogP contribution in [-0.4, -0.2) is 37.5 Å². The van der Waals surface area contributed by atoms with Crippen molar-refractivity contribution in [1.82, 2.24) is 5.32 Å². The molecule has 4 atom stereocenters. The van der Waals surface area contributed by atoms with Gasteiger partial charge < -0.3 is 14.8 Å². The molecule has 0 aromatic carbocycles. The summed E-state index contributed by atoms with van der Waals surface area (Å²) in [6.07, 6.45) is 4.83. The molecule has 3 heteroatoms. The molecule has 2 aliphatic heterocycles. The first kappa shape index (κ1) is 12.3. The van der Waals surface area contributed by atoms with Crippen molar-refractivity contribution in [1.29, 1.82) is 0 Å². The summed E-state index contributed by atoms with van der Waals surface area (Å²) in [6.45, 7) is 8.78. The largest absolute Gasteiger partial charge is 0.375 e. The standard InChI is InChI=1S/C13H25NO2/c1-9-8-14-5-4-13(9)16-12-6-10(2)15-11(3)7-12/h9-14H,4-8H2,1-3H3. The molecule has 0 aromatic rings. The first-order valence-corrected chi connectivity index (χ1v) is 6.66. The maximum absolute atomic E-state index is 6.27. The molecule has 2 rings (SSSR count). The Bertz CT molecular complexity index is 212. The van der Waals surface area contributed by atoms with Gasteiger partial charge in [0, 0.05) is 6.54 Å². The van der Waals surface area contributed by atoms with Gasteiger partial charge in [-0.25, -0.2) is 0 Å². The van der Waals surface area contributed by atoms with Crippen molar-refractivity contribution >= 4 is 0 Å². The lowest BCUT2D eigenvalue weighted by atomic mass is 9.96. The summed E-state index contributed by atoms with van der Waals surface area (Å²) < 4.78 is 12.0. The predicted octanol–water partition coefficient (Wildman–Crippen LogP) is 1.96. The zero-order chi connectivity index (χ0) is 11.5. The van der Waals surface area contributed by atoms with Crippen molar-refractivity contribution < 1.29 is 9.47 Å². The molecule has 4 unspecified atom stereocenters. The molecular formula is C13H25NO2. The Labute approximate surface area is 98.9 Å². The van der Waals surface area contributed by atoms with E-state index in [-0.39, 0.29) is 0 Å². The second-order valence-electron chi connectivity index (χ2n) is 5.50. The highest BCUT2D eigenvalue weighted by Crippen LogP contribution is 2.25. The fraction of sp³-hybridized carbons (Fsp3) is 1.00. The molecule has 0 saturated carbocycles. The van der Waals surface area contributed by atoms with Crippen LogP contribution in [0.4, 0.5) is 0 Å². The van der Waals surface area contributed by atoms with Crippen LogP contribution < -0.4 is 5.32 Å². The molecule has 2 saturated heterocycles. The van der Waals surface area contributed by atoms with Crippen LogP contribution in [0.2, 0.25) is 0 Å². The number of ether oxygens (including phenoxy) is 2. The average molecular weight is 227 g/mol. The number of hydrogen-bond donors (Lipinski definition) is 1. The maximum Gasteiger partial charge on any atom is 0.0628 e. The van der Waals surface area contributed by atoms with Gasteiger partial charge in [0.1, 0.15) is 0 Å². The van der Waals surface area contributed by atoms with E-state index >= 15 is 0 Å². The monoisotopic (exact) mass is 227 g/mol. The van der Waals surface area contributed by atoms with Gasteiger partial charge in [-0.05, 0) is 45.6 Å². The van der Waals surface area contributed by atoms with E-state index in [1.807, 2.05) is 0 Å². The highest BCUT2D eigenvalue weighted by molar-refractivity contribution is 4.80. The van der Waals surface area contributed by atoms with Crippen LogP contribution in [0.25, 0.3) is 0 Å². The first-order chi connectivity index (χ1) is 7.65. The van der Waals surface area contributed by atoms with Gasteiger partial charge in [-0.2, -0.15) is 0 Å². The summed E-state index contributed by atoms with van der Waals surface area (Å²) in [6, 6.07) is 0. The van der Waals surface area contributed by atoms with Crippen molar-refractivity contribution in [3.05, 3.63) is 0 Å². The van der Waals surface area contributed by atoms with E-state index in [0.29, 0.717) is 30.3 Å². The Balaban J connectivity index is 1.83. The normalized spacial score (nSPS) is 45.6. The minimum absolute atomic E-state index is 0.353. The summed E-state index contributed by atoms with van der Waals surface area (Å²) in [5, 5.41) is 3.41. The van der Waals surface area contributed by atoms with Crippen LogP contribution >= 0.6 is 0 Å². The highest BCUT2D eigenvalue weighted by Gasteiger charge is 2.30. The molecule has 3 nitrogen and oxygen atoms in total. The Morgan fingerprint density at radius 3 is 2.44 bits per heavy atom. The van der Waals surface area contributed by atoms with Crippen LogP contribution in [0.1, 0.15) is 40.0 Å². The molecule has 0 spiro atoms. The minimum atomic E-state index is 0.353. The fourth-order valence-corrected chi connectivity index (χ4v) is 2.89. The van der Waals surface area contributed by atoms with Gasteiger partial charge in [-0.15, -0.1) is 0 Å². The zero-order valence-electron chi connectivity index (χ0n) is 10.7. The molecule has 0 amide bonds. The van der Waals surface area contributed by atoms with Crippen molar-refractivity contribution in [2.45, 2.75) is 64.4 Å². The summed E-state index contributed by atoms with van der Waals surface area (Å²) in [4.78, 5) is 0. The van der Waals surface area contributed by atoms with Crippen molar-refractivity contribution in [3.8, 4) is 0 Å². The third kappa shape index (κ3) is 3.19. The van der Waals surface area contributed by atoms with E-state index in [0.717, 1.165) is 32.4 Å². The topological polar surface area (TPSA) is 30.5 Å². The molecule has 0 aliphatic carbocycles. The van der Waals surface area contributed by atoms with E-state index < -0.39 is 0 Å². The molecule has 2 heterocycles. The van der Waals surface area contributed by atoms with Crippen LogP contribution in [0, 0.1) is 5.92 Å². The Morgan fingerprint density at radius 2 is 1.81 bits per heavy atom. The van der Waals surface area contributed by atoms with Gasteiger partial charge in [0.15, 0.2) is 0 Å². The van der Waals surface area contributed by atoms with Gasteiger partial charge in [0.25, 0.3) is 0 Å². The summed E-state index contributed by atoms with van der Waals surface area (Å²) in [7, 11) is 0. The van der Waals surface area contributed by atoms with Crippen molar-refractivity contribution in [2.75, 3.05) is 13.1 Å². The SMILES string of the molecule is CC1CC(OC2CCNCC2C)CC(C)O1. The molecular weight excluding hydrogens is 202 g/mol. The summed E-state index contributed by atoms with van der Waals surface area (Å²) in [5.41, 5.74) is 0.